The molecule has 0 radical (unpaired) electrons. The number of hydrogen-bond acceptors (Lipinski definition) is 4. The van der Waals surface area contributed by atoms with E-state index in [4.69, 9.17) is 21.1 Å². The van der Waals surface area contributed by atoms with Crippen LogP contribution < -0.4 is 0 Å². The minimum absolute atomic E-state index is 0.125. The molecule has 4 nitrogen and oxygen atoms in total. The maximum atomic E-state index is 11.6. The van der Waals surface area contributed by atoms with E-state index in [9.17, 15) is 9.59 Å². The SMILES string of the molecule is CO[C@H](CCl)CC(=O)CC(=O)OCc1ccccc1. The Hall–Kier alpha value is -1.39. The summed E-state index contributed by atoms with van der Waals surface area (Å²) >= 11 is 5.60. The molecule has 0 N–H and O–H groups in total. The van der Waals surface area contributed by atoms with Crippen molar-refractivity contribution < 1.29 is 19.1 Å². The summed E-state index contributed by atoms with van der Waals surface area (Å²) in [5.41, 5.74) is 0.888. The number of Topliss-reactive ketones (excluding diaryl/α,β-unsaturated/α-hetero) is 1. The second-order valence-electron chi connectivity index (χ2n) is 4.08. The Balaban J connectivity index is 2.29. The van der Waals surface area contributed by atoms with Crippen LogP contribution in [-0.2, 0) is 25.7 Å². The molecule has 0 spiro atoms. The fourth-order valence-electron chi connectivity index (χ4n) is 1.48. The molecule has 1 aromatic rings. The van der Waals surface area contributed by atoms with E-state index >= 15 is 0 Å². The summed E-state index contributed by atoms with van der Waals surface area (Å²) in [7, 11) is 1.48. The van der Waals surface area contributed by atoms with Crippen molar-refractivity contribution in [2.75, 3.05) is 13.0 Å². The van der Waals surface area contributed by atoms with Crippen LogP contribution in [0.1, 0.15) is 18.4 Å². The third-order valence-corrected chi connectivity index (χ3v) is 2.89. The molecule has 0 heterocycles. The summed E-state index contributed by atoms with van der Waals surface area (Å²) in [5, 5.41) is 0. The number of ether oxygens (including phenoxy) is 2. The Morgan fingerprint density at radius 2 is 1.95 bits per heavy atom. The lowest BCUT2D eigenvalue weighted by atomic mass is 10.1. The molecule has 19 heavy (non-hydrogen) atoms. The second kappa shape index (κ2) is 8.67. The summed E-state index contributed by atoms with van der Waals surface area (Å²) in [5.74, 6) is -0.537. The Bertz CT molecular complexity index is 401. The average molecular weight is 285 g/mol. The Morgan fingerprint density at radius 1 is 1.26 bits per heavy atom. The molecule has 1 atom stereocenters. The van der Waals surface area contributed by atoms with Gasteiger partial charge in [-0.05, 0) is 5.56 Å². The fourth-order valence-corrected chi connectivity index (χ4v) is 1.71. The van der Waals surface area contributed by atoms with Gasteiger partial charge in [0.2, 0.25) is 0 Å². The van der Waals surface area contributed by atoms with Crippen LogP contribution >= 0.6 is 11.6 Å². The Labute approximate surface area is 117 Å². The molecule has 0 aliphatic carbocycles. The van der Waals surface area contributed by atoms with E-state index in [-0.39, 0.29) is 37.2 Å². The zero-order valence-electron chi connectivity index (χ0n) is 10.8. The van der Waals surface area contributed by atoms with E-state index in [2.05, 4.69) is 0 Å². The first-order chi connectivity index (χ1) is 9.15. The monoisotopic (exact) mass is 284 g/mol. The zero-order chi connectivity index (χ0) is 14.1. The minimum atomic E-state index is -0.529. The lowest BCUT2D eigenvalue weighted by Crippen LogP contribution is -2.20. The number of ketones is 1. The molecule has 0 saturated heterocycles. The van der Waals surface area contributed by atoms with Crippen LogP contribution in [0.3, 0.4) is 0 Å². The number of benzene rings is 1. The predicted molar refractivity (Wildman–Crippen MR) is 72.0 cm³/mol. The van der Waals surface area contributed by atoms with Gasteiger partial charge in [0.25, 0.3) is 0 Å². The first-order valence-electron chi connectivity index (χ1n) is 5.95. The van der Waals surface area contributed by atoms with E-state index in [1.807, 2.05) is 30.3 Å². The van der Waals surface area contributed by atoms with Crippen molar-refractivity contribution in [2.24, 2.45) is 0 Å². The first-order valence-corrected chi connectivity index (χ1v) is 6.49. The van der Waals surface area contributed by atoms with Crippen LogP contribution in [0.15, 0.2) is 30.3 Å². The molecular formula is C14H17ClO4. The van der Waals surface area contributed by atoms with Gasteiger partial charge in [-0.1, -0.05) is 30.3 Å². The summed E-state index contributed by atoms with van der Waals surface area (Å²) in [6.07, 6.45) is -0.472. The Kier molecular flexibility index (Phi) is 7.15. The smallest absolute Gasteiger partial charge is 0.313 e. The van der Waals surface area contributed by atoms with Gasteiger partial charge in [0, 0.05) is 19.4 Å². The molecule has 0 bridgehead atoms. The number of carbonyl (C=O) groups is 2. The molecule has 0 aliphatic heterocycles. The van der Waals surface area contributed by atoms with Gasteiger partial charge in [-0.2, -0.15) is 0 Å². The number of hydrogen-bond donors (Lipinski definition) is 0. The van der Waals surface area contributed by atoms with Gasteiger partial charge in [-0.15, -0.1) is 11.6 Å². The van der Waals surface area contributed by atoms with Gasteiger partial charge in [0.1, 0.15) is 18.8 Å². The van der Waals surface area contributed by atoms with Crippen LogP contribution in [0.2, 0.25) is 0 Å². The van der Waals surface area contributed by atoms with Gasteiger partial charge >= 0.3 is 5.97 Å². The largest absolute Gasteiger partial charge is 0.460 e. The lowest BCUT2D eigenvalue weighted by molar-refractivity contribution is -0.147. The molecule has 0 saturated carbocycles. The van der Waals surface area contributed by atoms with E-state index in [0.29, 0.717) is 0 Å². The topological polar surface area (TPSA) is 52.6 Å². The maximum absolute atomic E-state index is 11.6. The Morgan fingerprint density at radius 3 is 2.53 bits per heavy atom. The highest BCUT2D eigenvalue weighted by molar-refractivity contribution is 6.18. The standard InChI is InChI=1S/C14H17ClO4/c1-18-13(9-15)7-12(16)8-14(17)19-10-11-5-3-2-4-6-11/h2-6,13H,7-10H2,1H3/t13-/m0/s1. The molecule has 1 aromatic carbocycles. The number of alkyl halides is 1. The fraction of sp³-hybridized carbons (Fsp3) is 0.429. The molecule has 0 aliphatic rings. The quantitative estimate of drug-likeness (QED) is 0.418. The molecule has 104 valence electrons. The lowest BCUT2D eigenvalue weighted by Gasteiger charge is -2.10. The molecule has 5 heteroatoms. The van der Waals surface area contributed by atoms with E-state index < -0.39 is 5.97 Å². The van der Waals surface area contributed by atoms with Gasteiger partial charge in [0.15, 0.2) is 0 Å². The van der Waals surface area contributed by atoms with E-state index in [1.54, 1.807) is 0 Å². The zero-order valence-corrected chi connectivity index (χ0v) is 11.6. The molecule has 0 aromatic heterocycles. The van der Waals surface area contributed by atoms with Gasteiger partial charge < -0.3 is 9.47 Å². The number of halogens is 1. The van der Waals surface area contributed by atoms with Crippen molar-refractivity contribution >= 4 is 23.4 Å². The molecule has 0 unspecified atom stereocenters. The van der Waals surface area contributed by atoms with Crippen LogP contribution in [-0.4, -0.2) is 30.8 Å². The summed E-state index contributed by atoms with van der Waals surface area (Å²) in [6.45, 7) is 0.177. The third kappa shape index (κ3) is 6.36. The number of rotatable bonds is 8. The highest BCUT2D eigenvalue weighted by atomic mass is 35.5. The summed E-state index contributed by atoms with van der Waals surface area (Å²) in [4.78, 5) is 23.0. The first kappa shape index (κ1) is 15.7. The summed E-state index contributed by atoms with van der Waals surface area (Å²) in [6, 6.07) is 9.30. The highest BCUT2D eigenvalue weighted by Gasteiger charge is 2.16. The molecule has 1 rings (SSSR count). The third-order valence-electron chi connectivity index (χ3n) is 2.54. The molecule has 0 amide bonds. The van der Waals surface area contributed by atoms with Crippen molar-refractivity contribution in [3.63, 3.8) is 0 Å². The number of carbonyl (C=O) groups excluding carboxylic acids is 2. The van der Waals surface area contributed by atoms with Crippen LogP contribution in [0.5, 0.6) is 0 Å². The van der Waals surface area contributed by atoms with Crippen LogP contribution in [0.25, 0.3) is 0 Å². The number of esters is 1. The minimum Gasteiger partial charge on any atom is -0.460 e. The van der Waals surface area contributed by atoms with Crippen molar-refractivity contribution in [3.8, 4) is 0 Å². The van der Waals surface area contributed by atoms with Crippen molar-refractivity contribution in [1.29, 1.82) is 0 Å². The molecular weight excluding hydrogens is 268 g/mol. The highest BCUT2D eigenvalue weighted by Crippen LogP contribution is 2.06. The predicted octanol–water partition coefficient (Wildman–Crippen LogP) is 2.33. The van der Waals surface area contributed by atoms with Gasteiger partial charge in [-0.25, -0.2) is 0 Å². The average Bonchev–Trinajstić information content (AvgIpc) is 2.43. The van der Waals surface area contributed by atoms with Gasteiger partial charge in [-0.3, -0.25) is 9.59 Å². The van der Waals surface area contributed by atoms with Crippen molar-refractivity contribution in [1.82, 2.24) is 0 Å². The normalized spacial score (nSPS) is 11.9. The van der Waals surface area contributed by atoms with Crippen molar-refractivity contribution in [2.45, 2.75) is 25.6 Å². The second-order valence-corrected chi connectivity index (χ2v) is 4.39. The van der Waals surface area contributed by atoms with Gasteiger partial charge in [0.05, 0.1) is 6.10 Å². The van der Waals surface area contributed by atoms with E-state index in [0.717, 1.165) is 5.56 Å². The maximum Gasteiger partial charge on any atom is 0.313 e. The summed E-state index contributed by atoms with van der Waals surface area (Å²) < 4.78 is 9.99. The number of methoxy groups -OCH3 is 1. The van der Waals surface area contributed by atoms with Crippen LogP contribution in [0, 0.1) is 0 Å². The van der Waals surface area contributed by atoms with E-state index in [1.165, 1.54) is 7.11 Å². The van der Waals surface area contributed by atoms with Crippen molar-refractivity contribution in [3.05, 3.63) is 35.9 Å². The molecule has 0 fully saturated rings. The van der Waals surface area contributed by atoms with Crippen LogP contribution in [0.4, 0.5) is 0 Å².